The number of ketones is 3. The third-order valence-corrected chi connectivity index (χ3v) is 16.4. The van der Waals surface area contributed by atoms with E-state index in [4.69, 9.17) is 34.4 Å². The van der Waals surface area contributed by atoms with Crippen molar-refractivity contribution in [1.82, 2.24) is 15.0 Å². The van der Waals surface area contributed by atoms with Gasteiger partial charge in [0.2, 0.25) is 0 Å². The average Bonchev–Trinajstić information content (AvgIpc) is 4.45. The highest BCUT2D eigenvalue weighted by molar-refractivity contribution is 6.18. The zero-order valence-electron chi connectivity index (χ0n) is 47.7. The number of fused-ring (bicyclic) bond motifs is 3. The number of nitrogens with two attached hydrogens (primary N) is 6. The highest BCUT2D eigenvalue weighted by atomic mass is 16.2. The van der Waals surface area contributed by atoms with E-state index in [2.05, 4.69) is 30.9 Å². The molecule has 85 heavy (non-hydrogen) atoms. The van der Waals surface area contributed by atoms with Crippen LogP contribution < -0.4 is 50.4 Å². The molecule has 6 aromatic carbocycles. The van der Waals surface area contributed by atoms with Crippen molar-refractivity contribution in [3.63, 3.8) is 0 Å². The minimum absolute atomic E-state index is 0.0558. The molecule has 3 aromatic heterocycles. The van der Waals surface area contributed by atoms with Crippen LogP contribution in [0.1, 0.15) is 97.1 Å². The summed E-state index contributed by atoms with van der Waals surface area (Å²) in [5.74, 6) is -3.69. The maximum Gasteiger partial charge on any atom is 0.252 e. The summed E-state index contributed by atoms with van der Waals surface area (Å²) in [5, 5.41) is 11.4. The highest BCUT2D eigenvalue weighted by Crippen LogP contribution is 2.35. The van der Waals surface area contributed by atoms with Crippen molar-refractivity contribution in [2.75, 3.05) is 35.6 Å². The van der Waals surface area contributed by atoms with Crippen LogP contribution in [0.25, 0.3) is 32.7 Å². The monoisotopic (exact) mass is 1140 g/mol. The molecule has 0 spiro atoms. The third-order valence-electron chi connectivity index (χ3n) is 16.4. The first-order valence-corrected chi connectivity index (χ1v) is 29.0. The van der Waals surface area contributed by atoms with Crippen molar-refractivity contribution in [2.24, 2.45) is 34.4 Å². The molecule has 0 aliphatic rings. The van der Waals surface area contributed by atoms with Gasteiger partial charge in [0.15, 0.2) is 34.0 Å². The van der Waals surface area contributed by atoms with Gasteiger partial charge in [-0.15, -0.1) is 0 Å². The van der Waals surface area contributed by atoms with Crippen LogP contribution >= 0.6 is 0 Å². The molecule has 3 heterocycles. The maximum absolute atomic E-state index is 14.3. The van der Waals surface area contributed by atoms with E-state index in [0.29, 0.717) is 75.2 Å². The highest BCUT2D eigenvalue weighted by Gasteiger charge is 2.44. The van der Waals surface area contributed by atoms with Gasteiger partial charge in [-0.2, -0.15) is 0 Å². The number of unbranched alkanes of at least 4 members (excludes halogenated alkanes) is 3. The van der Waals surface area contributed by atoms with Crippen LogP contribution in [0.4, 0.5) is 17.1 Å². The molecule has 18 nitrogen and oxygen atoms in total. The fourth-order valence-electron chi connectivity index (χ4n) is 11.2. The van der Waals surface area contributed by atoms with Gasteiger partial charge < -0.3 is 65.3 Å². The topological polar surface area (TPSA) is 342 Å². The van der Waals surface area contributed by atoms with Gasteiger partial charge in [0, 0.05) is 93.5 Å². The Labute approximate surface area is 493 Å². The molecule has 0 fully saturated rings. The van der Waals surface area contributed by atoms with Crippen molar-refractivity contribution in [1.29, 1.82) is 0 Å². The van der Waals surface area contributed by atoms with Crippen LogP contribution in [0.15, 0.2) is 164 Å². The Bertz CT molecular complexity index is 3420. The molecule has 0 unspecified atom stereocenters. The number of aromatic amines is 3. The molecule has 9 aromatic rings. The van der Waals surface area contributed by atoms with Gasteiger partial charge in [-0.1, -0.05) is 91.0 Å². The summed E-state index contributed by atoms with van der Waals surface area (Å²) < 4.78 is 0. The number of H-pyrrole nitrogens is 3. The van der Waals surface area contributed by atoms with E-state index < -0.39 is 57.6 Å². The van der Waals surface area contributed by atoms with Crippen LogP contribution in [0.5, 0.6) is 0 Å². The number of hydrogen-bond acceptors (Lipinski definition) is 12. The van der Waals surface area contributed by atoms with E-state index in [1.54, 1.807) is 55.0 Å². The molecule has 440 valence electrons. The Morgan fingerprint density at radius 2 is 0.624 bits per heavy atom. The second-order valence-electron chi connectivity index (χ2n) is 22.2. The lowest BCUT2D eigenvalue weighted by Gasteiger charge is -2.28. The number of para-hydroxylation sites is 3. The summed E-state index contributed by atoms with van der Waals surface area (Å²) in [6, 6.07) is 44.5. The largest absolute Gasteiger partial charge is 0.361 e. The van der Waals surface area contributed by atoms with E-state index >= 15 is 0 Å². The number of anilines is 3. The Morgan fingerprint density at radius 3 is 0.882 bits per heavy atom. The normalized spacial score (nSPS) is 13.7. The minimum atomic E-state index is -1.86. The molecule has 3 atom stereocenters. The summed E-state index contributed by atoms with van der Waals surface area (Å²) >= 11 is 0. The van der Waals surface area contributed by atoms with E-state index in [1.807, 2.05) is 109 Å². The number of benzene rings is 6. The molecule has 18 heteroatoms. The minimum Gasteiger partial charge on any atom is -0.361 e. The predicted octanol–water partition coefficient (Wildman–Crippen LogP) is 8.04. The lowest BCUT2D eigenvalue weighted by Crippen LogP contribution is -2.58. The number of carbonyl (C=O) groups is 6. The van der Waals surface area contributed by atoms with Crippen LogP contribution in [0.2, 0.25) is 0 Å². The van der Waals surface area contributed by atoms with Gasteiger partial charge in [0.05, 0.1) is 0 Å². The molecular weight excluding hydrogens is 1070 g/mol. The summed E-state index contributed by atoms with van der Waals surface area (Å²) in [6.07, 6.45) is 8.53. The Hall–Kier alpha value is -8.88. The molecule has 18 N–H and O–H groups in total. The SMILES string of the molecule is NCCCC[C@](N)(C(=O)Cc1c[nH]c2ccccc12)C(=O)Nc1ccc(C(c2ccc(NC(=O)[C@](N)(CCCCN)C(=O)Cc3c[nH]c4ccccc34)cc2)c2ccc(NC(=O)[C@](N)(CCCCN)C(=O)Cc3c[nH]c4ccccc34)cc2)cc1. The van der Waals surface area contributed by atoms with Crippen molar-refractivity contribution in [2.45, 2.75) is 99.6 Å². The Kier molecular flexibility index (Phi) is 19.4. The fourth-order valence-corrected chi connectivity index (χ4v) is 11.2. The summed E-state index contributed by atoms with van der Waals surface area (Å²) in [6.45, 7) is 1.13. The van der Waals surface area contributed by atoms with Crippen molar-refractivity contribution >= 4 is 84.8 Å². The van der Waals surface area contributed by atoms with Crippen LogP contribution in [0, 0.1) is 0 Å². The summed E-state index contributed by atoms with van der Waals surface area (Å²) in [4.78, 5) is 94.9. The quantitative estimate of drug-likeness (QED) is 0.0116. The van der Waals surface area contributed by atoms with E-state index in [-0.39, 0.29) is 38.5 Å². The molecule has 9 rings (SSSR count). The van der Waals surface area contributed by atoms with Crippen LogP contribution in [-0.2, 0) is 48.0 Å². The number of hydrogen-bond donors (Lipinski definition) is 12. The van der Waals surface area contributed by atoms with E-state index in [9.17, 15) is 28.8 Å². The zero-order valence-corrected chi connectivity index (χ0v) is 47.7. The van der Waals surface area contributed by atoms with Crippen LogP contribution in [-0.4, -0.2) is 86.3 Å². The van der Waals surface area contributed by atoms with Gasteiger partial charge >= 0.3 is 0 Å². The maximum atomic E-state index is 14.3. The fraction of sp³-hybridized carbons (Fsp3) is 0.284. The molecule has 0 aliphatic carbocycles. The number of rotatable bonds is 30. The first kappa shape index (κ1) is 60.7. The molecule has 0 aliphatic heterocycles. The number of aromatic nitrogens is 3. The van der Waals surface area contributed by atoms with Gasteiger partial charge in [-0.3, -0.25) is 28.8 Å². The molecule has 0 bridgehead atoms. The number of amides is 3. The lowest BCUT2D eigenvalue weighted by molar-refractivity contribution is -0.134. The third kappa shape index (κ3) is 13.7. The number of carbonyl (C=O) groups excluding carboxylic acids is 6. The molecular formula is C67H76N12O6. The van der Waals surface area contributed by atoms with Gasteiger partial charge in [-0.05, 0) is 165 Å². The second kappa shape index (κ2) is 27.2. The first-order chi connectivity index (χ1) is 41.1. The molecule has 0 radical (unpaired) electrons. The number of Topliss-reactive ketones (excluding diaryl/α,β-unsaturated/α-hetero) is 3. The van der Waals surface area contributed by atoms with Gasteiger partial charge in [0.25, 0.3) is 17.7 Å². The van der Waals surface area contributed by atoms with Crippen molar-refractivity contribution < 1.29 is 28.8 Å². The Balaban J connectivity index is 0.984. The van der Waals surface area contributed by atoms with Crippen molar-refractivity contribution in [3.8, 4) is 0 Å². The smallest absolute Gasteiger partial charge is 0.252 e. The average molecular weight is 1150 g/mol. The molecule has 0 saturated heterocycles. The van der Waals surface area contributed by atoms with Gasteiger partial charge in [-0.25, -0.2) is 0 Å². The van der Waals surface area contributed by atoms with Crippen molar-refractivity contribution in [3.05, 3.63) is 198 Å². The molecule has 3 amide bonds. The predicted molar refractivity (Wildman–Crippen MR) is 337 cm³/mol. The molecule has 0 saturated carbocycles. The standard InChI is InChI=1S/C67H76N12O6/c68-34-10-7-31-65(71,58(80)37-46-40-74-55-16-4-1-13-52(46)55)62(83)77-49-25-19-43(20-26-49)61(44-21-27-50(28-22-44)78-63(84)66(72,32-8-11-35-69)59(81)38-47-41-75-56-17-5-2-14-53(47)56)45-23-29-51(30-24-45)79-64(85)67(73,33-9-12-36-70)60(82)39-48-42-76-57-18-6-3-15-54(48)57/h1-6,13-30,40-42,61,74-76H,7-12,31-39,68-73H2,(H,77,83)(H,78,84)(H,79,85)/t65-,66-,67-/m0/s1. The first-order valence-electron chi connectivity index (χ1n) is 29.0. The summed E-state index contributed by atoms with van der Waals surface area (Å²) in [7, 11) is 0. The zero-order chi connectivity index (χ0) is 60.1. The second-order valence-corrected chi connectivity index (χ2v) is 22.2. The van der Waals surface area contributed by atoms with E-state index in [1.165, 1.54) is 0 Å². The number of nitrogens with one attached hydrogen (secondary N) is 6. The summed E-state index contributed by atoms with van der Waals surface area (Å²) in [5.41, 5.74) is 40.8. The van der Waals surface area contributed by atoms with E-state index in [0.717, 1.165) is 66.1 Å². The van der Waals surface area contributed by atoms with Gasteiger partial charge in [0.1, 0.15) is 0 Å². The lowest BCUT2D eigenvalue weighted by atomic mass is 9.83. The van der Waals surface area contributed by atoms with Crippen LogP contribution in [0.3, 0.4) is 0 Å². The Morgan fingerprint density at radius 1 is 0.365 bits per heavy atom.